The third kappa shape index (κ3) is 3.83. The first-order valence-electron chi connectivity index (χ1n) is 5.85. The van der Waals surface area contributed by atoms with Crippen LogP contribution in [0, 0.1) is 0 Å². The van der Waals surface area contributed by atoms with Gasteiger partial charge >= 0.3 is 12.3 Å². The van der Waals surface area contributed by atoms with Crippen molar-refractivity contribution >= 4 is 0 Å². The van der Waals surface area contributed by atoms with Gasteiger partial charge in [0, 0.05) is 6.54 Å². The fraction of sp³-hybridized carbons (Fsp3) is 0.727. The highest BCUT2D eigenvalue weighted by atomic mass is 19.3. The second kappa shape index (κ2) is 6.89. The average Bonchev–Trinajstić information content (AvgIpc) is 2.80. The molecule has 9 heteroatoms. The van der Waals surface area contributed by atoms with Gasteiger partial charge in [-0.05, 0) is 6.92 Å². The maximum absolute atomic E-state index is 12.6. The summed E-state index contributed by atoms with van der Waals surface area (Å²) in [7, 11) is 1.36. The summed E-state index contributed by atoms with van der Waals surface area (Å²) in [5, 5.41) is 13.8. The molecule has 1 atom stereocenters. The Morgan fingerprint density at radius 1 is 1.45 bits per heavy atom. The molecule has 0 amide bonds. The van der Waals surface area contributed by atoms with Crippen LogP contribution in [0.1, 0.15) is 18.7 Å². The Labute approximate surface area is 113 Å². The molecule has 1 aromatic heterocycles. The van der Waals surface area contributed by atoms with Crippen molar-refractivity contribution in [3.63, 3.8) is 0 Å². The summed E-state index contributed by atoms with van der Waals surface area (Å²) in [4.78, 5) is 0. The zero-order valence-electron chi connectivity index (χ0n) is 11.0. The van der Waals surface area contributed by atoms with E-state index >= 15 is 0 Å². The molecule has 116 valence electrons. The highest BCUT2D eigenvalue weighted by Gasteiger charge is 2.41. The largest absolute Gasteiger partial charge is 0.493 e. The Hall–Kier alpha value is -1.35. The van der Waals surface area contributed by atoms with Crippen molar-refractivity contribution < 1.29 is 32.1 Å². The number of aromatic nitrogens is 2. The van der Waals surface area contributed by atoms with E-state index in [4.69, 9.17) is 4.74 Å². The predicted molar refractivity (Wildman–Crippen MR) is 61.2 cm³/mol. The topological polar surface area (TPSA) is 56.5 Å². The minimum Gasteiger partial charge on any atom is -0.493 e. The Morgan fingerprint density at radius 2 is 2.10 bits per heavy atom. The first kappa shape index (κ1) is 16.7. The van der Waals surface area contributed by atoms with Gasteiger partial charge in [-0.3, -0.25) is 4.68 Å². The van der Waals surface area contributed by atoms with E-state index in [1.165, 1.54) is 18.0 Å². The van der Waals surface area contributed by atoms with Crippen molar-refractivity contribution in [2.75, 3.05) is 20.3 Å². The Bertz CT molecular complexity index is 404. The fourth-order valence-electron chi connectivity index (χ4n) is 1.57. The summed E-state index contributed by atoms with van der Waals surface area (Å²) < 4.78 is 59.9. The number of halogens is 4. The normalized spacial score (nSPS) is 13.8. The number of aryl methyl sites for hydroxylation is 1. The first-order chi connectivity index (χ1) is 9.33. The molecule has 5 nitrogen and oxygen atoms in total. The Morgan fingerprint density at radius 3 is 2.60 bits per heavy atom. The van der Waals surface area contributed by atoms with Crippen LogP contribution in [0.25, 0.3) is 0 Å². The van der Waals surface area contributed by atoms with Gasteiger partial charge < -0.3 is 14.6 Å². The summed E-state index contributed by atoms with van der Waals surface area (Å²) in [5.41, 5.74) is 0.246. The van der Waals surface area contributed by atoms with Gasteiger partial charge in [-0.15, -0.1) is 0 Å². The first-order valence-corrected chi connectivity index (χ1v) is 5.85. The molecule has 0 aliphatic rings. The van der Waals surface area contributed by atoms with Crippen LogP contribution in [-0.4, -0.2) is 47.6 Å². The van der Waals surface area contributed by atoms with Crippen molar-refractivity contribution in [3.8, 4) is 5.75 Å². The van der Waals surface area contributed by atoms with Gasteiger partial charge in [0.25, 0.3) is 0 Å². The highest BCUT2D eigenvalue weighted by molar-refractivity contribution is 5.27. The second-order valence-electron chi connectivity index (χ2n) is 4.01. The smallest absolute Gasteiger partial charge is 0.330 e. The number of alkyl halides is 4. The van der Waals surface area contributed by atoms with Crippen LogP contribution in [0.4, 0.5) is 17.6 Å². The Kier molecular flexibility index (Phi) is 5.75. The predicted octanol–water partition coefficient (Wildman–Crippen LogP) is 1.86. The van der Waals surface area contributed by atoms with Crippen molar-refractivity contribution in [1.29, 1.82) is 0 Å². The van der Waals surface area contributed by atoms with E-state index in [1.807, 2.05) is 0 Å². The maximum Gasteiger partial charge on any atom is 0.330 e. The molecular weight excluding hydrogens is 284 g/mol. The van der Waals surface area contributed by atoms with Crippen LogP contribution >= 0.6 is 0 Å². The molecule has 20 heavy (non-hydrogen) atoms. The number of rotatable bonds is 8. The van der Waals surface area contributed by atoms with Crippen LogP contribution in [0.5, 0.6) is 5.75 Å². The Balaban J connectivity index is 2.63. The summed E-state index contributed by atoms with van der Waals surface area (Å²) in [6.45, 7) is 0.145. The number of nitrogens with zero attached hydrogens (tertiary/aromatic N) is 2. The molecule has 0 saturated carbocycles. The standard InChI is InChI=1S/C11H16F4N2O3/c1-3-17-9(8(19-2)4-16-17)7(18)5-20-6-11(14,15)10(12)13/h4,7,10,18H,3,5-6H2,1-2H3. The molecule has 1 aromatic rings. The summed E-state index contributed by atoms with van der Waals surface area (Å²) >= 11 is 0. The van der Waals surface area contributed by atoms with Crippen LogP contribution in [0.2, 0.25) is 0 Å². The molecule has 1 unspecified atom stereocenters. The lowest BCUT2D eigenvalue weighted by atomic mass is 10.2. The van der Waals surface area contributed by atoms with E-state index in [0.29, 0.717) is 6.54 Å². The van der Waals surface area contributed by atoms with Crippen LogP contribution < -0.4 is 4.74 Å². The molecule has 0 aliphatic heterocycles. The van der Waals surface area contributed by atoms with E-state index in [-0.39, 0.29) is 11.4 Å². The molecule has 0 spiro atoms. The third-order valence-corrected chi connectivity index (χ3v) is 2.57. The third-order valence-electron chi connectivity index (χ3n) is 2.57. The maximum atomic E-state index is 12.6. The molecular formula is C11H16F4N2O3. The van der Waals surface area contributed by atoms with Gasteiger partial charge in [0.05, 0.1) is 19.9 Å². The zero-order valence-corrected chi connectivity index (χ0v) is 11.0. The monoisotopic (exact) mass is 300 g/mol. The number of hydrogen-bond acceptors (Lipinski definition) is 4. The van der Waals surface area contributed by atoms with Crippen molar-refractivity contribution in [2.45, 2.75) is 31.9 Å². The van der Waals surface area contributed by atoms with Crippen LogP contribution in [0.3, 0.4) is 0 Å². The van der Waals surface area contributed by atoms with E-state index in [1.54, 1.807) is 6.92 Å². The summed E-state index contributed by atoms with van der Waals surface area (Å²) in [6.07, 6.45) is -3.76. The molecule has 0 fully saturated rings. The fourth-order valence-corrected chi connectivity index (χ4v) is 1.57. The number of ether oxygens (including phenoxy) is 2. The zero-order chi connectivity index (χ0) is 15.3. The van der Waals surface area contributed by atoms with Gasteiger partial charge in [-0.2, -0.15) is 13.9 Å². The van der Waals surface area contributed by atoms with E-state index in [9.17, 15) is 22.7 Å². The number of aliphatic hydroxyl groups is 1. The molecule has 0 aliphatic carbocycles. The highest BCUT2D eigenvalue weighted by Crippen LogP contribution is 2.27. The lowest BCUT2D eigenvalue weighted by molar-refractivity contribution is -0.171. The van der Waals surface area contributed by atoms with Crippen LogP contribution in [0.15, 0.2) is 6.20 Å². The van der Waals surface area contributed by atoms with Crippen molar-refractivity contribution in [3.05, 3.63) is 11.9 Å². The van der Waals surface area contributed by atoms with Crippen molar-refractivity contribution in [1.82, 2.24) is 9.78 Å². The quantitative estimate of drug-likeness (QED) is 0.745. The van der Waals surface area contributed by atoms with Crippen molar-refractivity contribution in [2.24, 2.45) is 0 Å². The van der Waals surface area contributed by atoms with E-state index in [0.717, 1.165) is 0 Å². The molecule has 0 aromatic carbocycles. The summed E-state index contributed by atoms with van der Waals surface area (Å²) in [6, 6.07) is 0. The summed E-state index contributed by atoms with van der Waals surface area (Å²) in [5.74, 6) is -3.97. The molecule has 1 N–H and O–H groups in total. The second-order valence-corrected chi connectivity index (χ2v) is 4.01. The number of aliphatic hydroxyl groups excluding tert-OH is 1. The minimum absolute atomic E-state index is 0.246. The van der Waals surface area contributed by atoms with E-state index < -0.39 is 31.7 Å². The molecule has 1 rings (SSSR count). The minimum atomic E-state index is -4.24. The number of hydrogen-bond donors (Lipinski definition) is 1. The molecule has 0 bridgehead atoms. The molecule has 0 radical (unpaired) electrons. The van der Waals surface area contributed by atoms with Gasteiger partial charge in [0.2, 0.25) is 0 Å². The molecule has 1 heterocycles. The van der Waals surface area contributed by atoms with Gasteiger partial charge in [0.1, 0.15) is 18.4 Å². The van der Waals surface area contributed by atoms with Gasteiger partial charge in [-0.25, -0.2) is 8.78 Å². The molecule has 0 saturated heterocycles. The van der Waals surface area contributed by atoms with Crippen LogP contribution in [-0.2, 0) is 11.3 Å². The van der Waals surface area contributed by atoms with Gasteiger partial charge in [0.15, 0.2) is 5.75 Å². The lowest BCUT2D eigenvalue weighted by Gasteiger charge is -2.18. The number of methoxy groups -OCH3 is 1. The van der Waals surface area contributed by atoms with E-state index in [2.05, 4.69) is 9.84 Å². The SMILES string of the molecule is CCn1ncc(OC)c1C(O)COCC(F)(F)C(F)F. The average molecular weight is 300 g/mol. The van der Waals surface area contributed by atoms with Gasteiger partial charge in [-0.1, -0.05) is 0 Å². The lowest BCUT2D eigenvalue weighted by Crippen LogP contribution is -2.33.